The van der Waals surface area contributed by atoms with Crippen molar-refractivity contribution in [3.63, 3.8) is 0 Å². The number of aryl methyl sites for hydroxylation is 3. The third-order valence-corrected chi connectivity index (χ3v) is 7.94. The first kappa shape index (κ1) is 23.0. The number of likely N-dealkylation sites (tertiary alicyclic amines) is 1. The minimum absolute atomic E-state index is 0.0636. The van der Waals surface area contributed by atoms with Crippen LogP contribution in [0, 0.1) is 19.8 Å². The SMILES string of the molecule is Cc1nc(C)c(-c2nn(CCCN3C[C@@H]4C[C@]4(c4ccc(C(F)(F)F)cc4)C3)c(=O)[nH]c2=O)s1. The highest BCUT2D eigenvalue weighted by atomic mass is 32.1. The van der Waals surface area contributed by atoms with Gasteiger partial charge in [0.05, 0.1) is 21.1 Å². The average molecular weight is 492 g/mol. The molecule has 1 N–H and O–H groups in total. The van der Waals surface area contributed by atoms with E-state index in [4.69, 9.17) is 0 Å². The highest BCUT2D eigenvalue weighted by Crippen LogP contribution is 2.59. The lowest BCUT2D eigenvalue weighted by Gasteiger charge is -2.21. The Morgan fingerprint density at radius 2 is 1.91 bits per heavy atom. The number of benzene rings is 1. The topological polar surface area (TPSA) is 83.9 Å². The summed E-state index contributed by atoms with van der Waals surface area (Å²) in [6.45, 7) is 6.43. The Morgan fingerprint density at radius 1 is 1.18 bits per heavy atom. The zero-order valence-corrected chi connectivity index (χ0v) is 19.6. The maximum Gasteiger partial charge on any atom is 0.416 e. The van der Waals surface area contributed by atoms with Crippen LogP contribution >= 0.6 is 11.3 Å². The van der Waals surface area contributed by atoms with E-state index in [1.165, 1.54) is 28.2 Å². The van der Waals surface area contributed by atoms with Gasteiger partial charge in [0, 0.05) is 25.0 Å². The first-order valence-corrected chi connectivity index (χ1v) is 11.9. The van der Waals surface area contributed by atoms with E-state index in [9.17, 15) is 22.8 Å². The van der Waals surface area contributed by atoms with Gasteiger partial charge in [-0.2, -0.15) is 18.3 Å². The number of hydrogen-bond acceptors (Lipinski definition) is 6. The summed E-state index contributed by atoms with van der Waals surface area (Å²) in [6.07, 6.45) is -2.67. The number of nitrogens with one attached hydrogen (secondary N) is 1. The van der Waals surface area contributed by atoms with Gasteiger partial charge in [0.25, 0.3) is 5.56 Å². The van der Waals surface area contributed by atoms with Gasteiger partial charge < -0.3 is 4.90 Å². The minimum atomic E-state index is -4.33. The van der Waals surface area contributed by atoms with Crippen LogP contribution in [-0.2, 0) is 18.1 Å². The molecule has 2 aliphatic rings. The fraction of sp³-hybridized carbons (Fsp3) is 0.478. The number of thiazole rings is 1. The van der Waals surface area contributed by atoms with Crippen molar-refractivity contribution in [2.24, 2.45) is 5.92 Å². The van der Waals surface area contributed by atoms with Gasteiger partial charge in [-0.05, 0) is 56.8 Å². The number of rotatable bonds is 6. The highest BCUT2D eigenvalue weighted by Gasteiger charge is 2.60. The molecule has 1 saturated carbocycles. The van der Waals surface area contributed by atoms with Crippen LogP contribution in [0.2, 0.25) is 0 Å². The van der Waals surface area contributed by atoms with E-state index in [0.717, 1.165) is 36.6 Å². The van der Waals surface area contributed by atoms with Gasteiger partial charge in [0.2, 0.25) is 0 Å². The van der Waals surface area contributed by atoms with Crippen LogP contribution in [0.5, 0.6) is 0 Å². The summed E-state index contributed by atoms with van der Waals surface area (Å²) in [7, 11) is 0. The molecule has 1 aliphatic carbocycles. The molecule has 180 valence electrons. The molecule has 1 aromatic carbocycles. The van der Waals surface area contributed by atoms with Crippen LogP contribution < -0.4 is 11.2 Å². The quantitative estimate of drug-likeness (QED) is 0.572. The molecular formula is C23H24F3N5O2S. The lowest BCUT2D eigenvalue weighted by molar-refractivity contribution is -0.137. The Balaban J connectivity index is 1.23. The number of fused-ring (bicyclic) bond motifs is 1. The number of nitrogens with zero attached hydrogens (tertiary/aromatic N) is 4. The summed E-state index contributed by atoms with van der Waals surface area (Å²) in [6, 6.07) is 5.56. The fourth-order valence-corrected chi connectivity index (χ4v) is 6.02. The number of hydrogen-bond donors (Lipinski definition) is 1. The standard InChI is InChI=1S/C23H24F3N5O2S/c1-13-19(34-14(2)27-13)18-20(32)28-21(33)31(29-18)9-3-8-30-11-17-10-22(17,12-30)15-4-6-16(7-5-15)23(24,25)26/h4-7,17H,3,8-12H2,1-2H3,(H,28,32,33)/t17-,22+/m0/s1. The molecule has 11 heteroatoms. The average Bonchev–Trinajstić information content (AvgIpc) is 3.17. The number of H-pyrrole nitrogens is 1. The minimum Gasteiger partial charge on any atom is -0.302 e. The number of aromatic amines is 1. The fourth-order valence-electron chi connectivity index (χ4n) is 5.12. The third kappa shape index (κ3) is 4.11. The van der Waals surface area contributed by atoms with Crippen molar-refractivity contribution in [2.75, 3.05) is 19.6 Å². The summed E-state index contributed by atoms with van der Waals surface area (Å²) < 4.78 is 39.9. The molecule has 5 rings (SSSR count). The van der Waals surface area contributed by atoms with E-state index >= 15 is 0 Å². The van der Waals surface area contributed by atoms with E-state index in [-0.39, 0.29) is 11.1 Å². The second-order valence-electron chi connectivity index (χ2n) is 9.20. The molecule has 3 aromatic rings. The highest BCUT2D eigenvalue weighted by molar-refractivity contribution is 7.15. The Morgan fingerprint density at radius 3 is 2.56 bits per heavy atom. The molecule has 1 saturated heterocycles. The predicted octanol–water partition coefficient (Wildman–Crippen LogP) is 3.35. The van der Waals surface area contributed by atoms with Crippen molar-refractivity contribution in [1.29, 1.82) is 0 Å². The number of piperidine rings is 1. The maximum atomic E-state index is 12.9. The maximum absolute atomic E-state index is 12.9. The summed E-state index contributed by atoms with van der Waals surface area (Å²) in [4.78, 5) is 34.2. The molecule has 2 atom stereocenters. The molecular weight excluding hydrogens is 467 g/mol. The van der Waals surface area contributed by atoms with Crippen LogP contribution in [-0.4, -0.2) is 44.3 Å². The molecule has 7 nitrogen and oxygen atoms in total. The molecule has 0 radical (unpaired) electrons. The van der Waals surface area contributed by atoms with E-state index < -0.39 is 23.0 Å². The summed E-state index contributed by atoms with van der Waals surface area (Å²) in [5.41, 5.74) is 0.116. The Kier molecular flexibility index (Phi) is 5.51. The van der Waals surface area contributed by atoms with E-state index in [1.54, 1.807) is 19.1 Å². The first-order valence-electron chi connectivity index (χ1n) is 11.1. The van der Waals surface area contributed by atoms with Gasteiger partial charge in [-0.25, -0.2) is 14.5 Å². The molecule has 2 fully saturated rings. The lowest BCUT2D eigenvalue weighted by Crippen LogP contribution is -2.35. The monoisotopic (exact) mass is 491 g/mol. The number of alkyl halides is 3. The summed E-state index contributed by atoms with van der Waals surface area (Å²) in [5, 5.41) is 5.13. The second kappa shape index (κ2) is 8.16. The zero-order valence-electron chi connectivity index (χ0n) is 18.8. The van der Waals surface area contributed by atoms with Crippen molar-refractivity contribution in [1.82, 2.24) is 24.6 Å². The van der Waals surface area contributed by atoms with Gasteiger partial charge >= 0.3 is 11.9 Å². The molecule has 0 amide bonds. The van der Waals surface area contributed by atoms with Gasteiger partial charge in [0.15, 0.2) is 5.69 Å². The zero-order chi connectivity index (χ0) is 24.3. The summed E-state index contributed by atoms with van der Waals surface area (Å²) >= 11 is 1.37. The second-order valence-corrected chi connectivity index (χ2v) is 10.4. The van der Waals surface area contributed by atoms with Crippen molar-refractivity contribution in [3.8, 4) is 10.6 Å². The van der Waals surface area contributed by atoms with E-state index in [1.807, 2.05) is 6.92 Å². The van der Waals surface area contributed by atoms with Crippen molar-refractivity contribution in [2.45, 2.75) is 44.8 Å². The smallest absolute Gasteiger partial charge is 0.302 e. The molecule has 0 bridgehead atoms. The van der Waals surface area contributed by atoms with Crippen LogP contribution in [0.4, 0.5) is 13.2 Å². The number of halogens is 3. The van der Waals surface area contributed by atoms with Crippen molar-refractivity contribution < 1.29 is 13.2 Å². The first-order chi connectivity index (χ1) is 16.1. The Bertz CT molecular complexity index is 1340. The van der Waals surface area contributed by atoms with Crippen molar-refractivity contribution in [3.05, 3.63) is 66.9 Å². The van der Waals surface area contributed by atoms with Crippen LogP contribution in [0.3, 0.4) is 0 Å². The predicted molar refractivity (Wildman–Crippen MR) is 122 cm³/mol. The lowest BCUT2D eigenvalue weighted by atomic mass is 9.94. The Hall–Kier alpha value is -2.79. The molecule has 3 heterocycles. The van der Waals surface area contributed by atoms with Gasteiger partial charge in [-0.1, -0.05) is 12.1 Å². The van der Waals surface area contributed by atoms with Crippen LogP contribution in [0.1, 0.15) is 34.7 Å². The van der Waals surface area contributed by atoms with Gasteiger partial charge in [-0.15, -0.1) is 11.3 Å². The van der Waals surface area contributed by atoms with Crippen LogP contribution in [0.25, 0.3) is 10.6 Å². The third-order valence-electron chi connectivity index (χ3n) is 6.86. The molecule has 1 aliphatic heterocycles. The van der Waals surface area contributed by atoms with Crippen molar-refractivity contribution >= 4 is 11.3 Å². The molecule has 2 aromatic heterocycles. The van der Waals surface area contributed by atoms with E-state index in [2.05, 4.69) is 20.0 Å². The van der Waals surface area contributed by atoms with Gasteiger partial charge in [-0.3, -0.25) is 9.78 Å². The molecule has 34 heavy (non-hydrogen) atoms. The molecule has 0 unspecified atom stereocenters. The van der Waals surface area contributed by atoms with E-state index in [0.29, 0.717) is 29.5 Å². The number of aromatic nitrogens is 4. The summed E-state index contributed by atoms with van der Waals surface area (Å²) in [5.74, 6) is 0.447. The Labute approximate surface area is 197 Å². The largest absolute Gasteiger partial charge is 0.416 e. The molecule has 0 spiro atoms. The normalized spacial score (nSPS) is 22.2. The van der Waals surface area contributed by atoms with Gasteiger partial charge in [0.1, 0.15) is 0 Å². The van der Waals surface area contributed by atoms with Crippen LogP contribution in [0.15, 0.2) is 33.9 Å².